The zero-order chi connectivity index (χ0) is 25.8. The summed E-state index contributed by atoms with van der Waals surface area (Å²) in [5.74, 6) is -1.29. The van der Waals surface area contributed by atoms with Crippen molar-refractivity contribution in [3.05, 3.63) is 77.0 Å². The van der Waals surface area contributed by atoms with Crippen LogP contribution in [-0.2, 0) is 0 Å². The van der Waals surface area contributed by atoms with Crippen LogP contribution < -0.4 is 5.73 Å². The smallest absolute Gasteiger partial charge is 0.254 e. The molecule has 2 aliphatic rings. The predicted octanol–water partition coefficient (Wildman–Crippen LogP) is 5.71. The van der Waals surface area contributed by atoms with Crippen LogP contribution in [0.5, 0.6) is 0 Å². The number of nitrogens with zero attached hydrogens (tertiary/aromatic N) is 3. The second kappa shape index (κ2) is 8.79. The van der Waals surface area contributed by atoms with E-state index in [4.69, 9.17) is 10.3 Å². The molecule has 2 bridgehead atoms. The molecule has 4 aromatic rings. The fourth-order valence-electron chi connectivity index (χ4n) is 5.91. The average molecular weight is 499 g/mol. The number of amides is 1. The first kappa shape index (κ1) is 23.3. The Labute approximate surface area is 212 Å². The molecule has 37 heavy (non-hydrogen) atoms. The monoisotopic (exact) mass is 498 g/mol. The predicted molar refractivity (Wildman–Crippen MR) is 134 cm³/mol. The summed E-state index contributed by atoms with van der Waals surface area (Å²) in [5, 5.41) is 13.7. The molecule has 3 heterocycles. The highest BCUT2D eigenvalue weighted by molar-refractivity contribution is 5.99. The van der Waals surface area contributed by atoms with Crippen molar-refractivity contribution in [2.75, 3.05) is 0 Å². The van der Waals surface area contributed by atoms with E-state index in [-0.39, 0.29) is 35.2 Å². The van der Waals surface area contributed by atoms with E-state index in [1.54, 1.807) is 37.3 Å². The number of hydrogen-bond acceptors (Lipinski definition) is 5. The fourth-order valence-corrected chi connectivity index (χ4v) is 5.91. The maximum atomic E-state index is 15.4. The molecule has 2 aliphatic heterocycles. The second-order valence-electron chi connectivity index (χ2n) is 9.99. The first-order valence-electron chi connectivity index (χ1n) is 12.3. The molecule has 3 atom stereocenters. The van der Waals surface area contributed by atoms with Gasteiger partial charge in [-0.3, -0.25) is 4.79 Å². The normalized spacial score (nSPS) is 20.8. The zero-order valence-corrected chi connectivity index (χ0v) is 20.2. The van der Waals surface area contributed by atoms with Crippen LogP contribution >= 0.6 is 0 Å². The Morgan fingerprint density at radius 1 is 1.03 bits per heavy atom. The number of nitriles is 1. The van der Waals surface area contributed by atoms with Gasteiger partial charge in [-0.2, -0.15) is 5.26 Å². The number of piperidine rings is 1. The first-order valence-corrected chi connectivity index (χ1v) is 12.3. The van der Waals surface area contributed by atoms with E-state index in [0.29, 0.717) is 38.9 Å². The van der Waals surface area contributed by atoms with E-state index in [9.17, 15) is 14.4 Å². The van der Waals surface area contributed by atoms with Gasteiger partial charge in [0.2, 0.25) is 0 Å². The Bertz CT molecular complexity index is 1590. The lowest BCUT2D eigenvalue weighted by molar-refractivity contribution is 0.0575. The van der Waals surface area contributed by atoms with Crippen molar-refractivity contribution in [1.82, 2.24) is 10.1 Å². The minimum Gasteiger partial charge on any atom is -0.356 e. The van der Waals surface area contributed by atoms with Gasteiger partial charge >= 0.3 is 0 Å². The van der Waals surface area contributed by atoms with Crippen LogP contribution in [0.25, 0.3) is 33.2 Å². The van der Waals surface area contributed by atoms with Crippen molar-refractivity contribution < 1.29 is 18.1 Å². The lowest BCUT2D eigenvalue weighted by atomic mass is 9.90. The Balaban J connectivity index is 1.50. The lowest BCUT2D eigenvalue weighted by Crippen LogP contribution is -2.50. The summed E-state index contributed by atoms with van der Waals surface area (Å²) in [6.45, 7) is 1.73. The van der Waals surface area contributed by atoms with Gasteiger partial charge in [0, 0.05) is 34.6 Å². The Morgan fingerprint density at radius 2 is 1.78 bits per heavy atom. The number of carbonyl (C=O) groups is 1. The Morgan fingerprint density at radius 3 is 2.49 bits per heavy atom. The summed E-state index contributed by atoms with van der Waals surface area (Å²) < 4.78 is 35.4. The molecule has 2 saturated heterocycles. The Kier molecular flexibility index (Phi) is 5.54. The number of aromatic nitrogens is 1. The van der Waals surface area contributed by atoms with E-state index in [2.05, 4.69) is 5.16 Å². The number of aryl methyl sites for hydroxylation is 1. The summed E-state index contributed by atoms with van der Waals surface area (Å²) in [7, 11) is 0. The number of fused-ring (bicyclic) bond motifs is 3. The highest BCUT2D eigenvalue weighted by atomic mass is 19.1. The molecule has 0 saturated carbocycles. The van der Waals surface area contributed by atoms with E-state index in [1.807, 2.05) is 11.0 Å². The van der Waals surface area contributed by atoms with E-state index in [0.717, 1.165) is 25.7 Å². The summed E-state index contributed by atoms with van der Waals surface area (Å²) in [6.07, 6.45) is 3.40. The molecule has 2 fully saturated rings. The van der Waals surface area contributed by atoms with Gasteiger partial charge < -0.3 is 15.2 Å². The van der Waals surface area contributed by atoms with Crippen LogP contribution in [0.2, 0.25) is 0 Å². The van der Waals surface area contributed by atoms with Crippen LogP contribution in [-0.4, -0.2) is 34.1 Å². The highest BCUT2D eigenvalue weighted by Crippen LogP contribution is 2.40. The number of carbonyl (C=O) groups excluding carboxylic acids is 1. The molecule has 1 amide bonds. The number of hydrogen-bond donors (Lipinski definition) is 1. The molecule has 0 aliphatic carbocycles. The molecule has 6 rings (SSSR count). The molecule has 2 N–H and O–H groups in total. The summed E-state index contributed by atoms with van der Waals surface area (Å²) in [4.78, 5) is 15.6. The number of rotatable bonds is 3. The van der Waals surface area contributed by atoms with Gasteiger partial charge in [0.15, 0.2) is 5.58 Å². The summed E-state index contributed by atoms with van der Waals surface area (Å²) >= 11 is 0. The summed E-state index contributed by atoms with van der Waals surface area (Å²) in [5.41, 5.74) is 9.15. The molecule has 0 spiro atoms. The topological polar surface area (TPSA) is 96.2 Å². The Hall–Kier alpha value is -4.09. The van der Waals surface area contributed by atoms with Gasteiger partial charge in [0.1, 0.15) is 17.7 Å². The molecule has 186 valence electrons. The van der Waals surface area contributed by atoms with Gasteiger partial charge in [-0.1, -0.05) is 17.3 Å². The molecule has 6 nitrogen and oxygen atoms in total. The number of nitrogens with two attached hydrogens (primary N) is 1. The minimum atomic E-state index is -0.687. The van der Waals surface area contributed by atoms with E-state index >= 15 is 4.39 Å². The minimum absolute atomic E-state index is 0.0940. The maximum Gasteiger partial charge on any atom is 0.254 e. The van der Waals surface area contributed by atoms with Crippen molar-refractivity contribution in [3.63, 3.8) is 0 Å². The highest BCUT2D eigenvalue weighted by Gasteiger charge is 2.42. The molecule has 0 radical (unpaired) electrons. The lowest BCUT2D eigenvalue weighted by Gasteiger charge is -2.38. The van der Waals surface area contributed by atoms with Crippen molar-refractivity contribution in [2.45, 2.75) is 50.7 Å². The fraction of sp³-hybridized carbons (Fsp3) is 0.276. The van der Waals surface area contributed by atoms with Crippen molar-refractivity contribution in [3.8, 4) is 28.3 Å². The van der Waals surface area contributed by atoms with Crippen LogP contribution in [0.1, 0.15) is 47.3 Å². The molecular weight excluding hydrogens is 474 g/mol. The SMILES string of the molecule is Cc1noc2cc(-c3ccc(C(=O)N4[C@@H]5CC[C@H]4CC(N)C5)cc3-c3ccc(C#N)c(F)c3)c(F)cc12. The maximum absolute atomic E-state index is 15.4. The van der Waals surface area contributed by atoms with Crippen molar-refractivity contribution >= 4 is 16.9 Å². The molecule has 3 aromatic carbocycles. The van der Waals surface area contributed by atoms with Crippen molar-refractivity contribution in [1.29, 1.82) is 5.26 Å². The van der Waals surface area contributed by atoms with E-state index < -0.39 is 11.6 Å². The zero-order valence-electron chi connectivity index (χ0n) is 20.2. The number of benzene rings is 3. The van der Waals surface area contributed by atoms with E-state index in [1.165, 1.54) is 18.2 Å². The van der Waals surface area contributed by atoms with Gasteiger partial charge in [0.25, 0.3) is 5.91 Å². The number of halogens is 2. The summed E-state index contributed by atoms with van der Waals surface area (Å²) in [6, 6.07) is 14.3. The van der Waals surface area contributed by atoms with Crippen LogP contribution in [0, 0.1) is 29.9 Å². The molecule has 1 unspecified atom stereocenters. The van der Waals surface area contributed by atoms with Crippen LogP contribution in [0.4, 0.5) is 8.78 Å². The third-order valence-corrected chi connectivity index (χ3v) is 7.70. The van der Waals surface area contributed by atoms with Gasteiger partial charge in [0.05, 0.1) is 11.3 Å². The van der Waals surface area contributed by atoms with Crippen molar-refractivity contribution in [2.24, 2.45) is 5.73 Å². The quantitative estimate of drug-likeness (QED) is 0.390. The van der Waals surface area contributed by atoms with Crippen LogP contribution in [0.15, 0.2) is 53.1 Å². The second-order valence-corrected chi connectivity index (χ2v) is 9.99. The third-order valence-electron chi connectivity index (χ3n) is 7.70. The first-order chi connectivity index (χ1) is 17.8. The van der Waals surface area contributed by atoms with Gasteiger partial charge in [-0.05, 0) is 85.7 Å². The third kappa shape index (κ3) is 3.87. The van der Waals surface area contributed by atoms with Gasteiger partial charge in [-0.15, -0.1) is 0 Å². The average Bonchev–Trinajstić information content (AvgIpc) is 3.38. The van der Waals surface area contributed by atoms with Gasteiger partial charge in [-0.25, -0.2) is 8.78 Å². The largest absolute Gasteiger partial charge is 0.356 e. The van der Waals surface area contributed by atoms with Crippen LogP contribution in [0.3, 0.4) is 0 Å². The standard InChI is InChI=1S/C29H24F2N4O2/c1-15-23-12-27(31)25(13-28(23)37-34-15)22-7-4-17(8-24(22)16-2-3-18(14-32)26(30)9-16)29(36)35-20-5-6-21(35)11-19(33)10-20/h2-4,7-9,12-13,19-21H,5-6,10-11,33H2,1H3/t19?,20-,21+. The molecule has 8 heteroatoms. The molecular formula is C29H24F2N4O2. The molecule has 1 aromatic heterocycles.